The molecular formula is C14H20BrNO2. The van der Waals surface area contributed by atoms with Gasteiger partial charge in [0.15, 0.2) is 11.5 Å². The zero-order valence-corrected chi connectivity index (χ0v) is 12.7. The van der Waals surface area contributed by atoms with Crippen molar-refractivity contribution in [1.29, 1.82) is 0 Å². The van der Waals surface area contributed by atoms with Crippen molar-refractivity contribution in [1.82, 2.24) is 0 Å². The predicted molar refractivity (Wildman–Crippen MR) is 76.3 cm³/mol. The van der Waals surface area contributed by atoms with Crippen LogP contribution in [0.1, 0.15) is 32.3 Å². The number of nitrogens with two attached hydrogens (primary N) is 1. The fourth-order valence-corrected chi connectivity index (χ4v) is 2.37. The summed E-state index contributed by atoms with van der Waals surface area (Å²) in [6.07, 6.45) is 3.36. The number of hydrogen-bond acceptors (Lipinski definition) is 3. The van der Waals surface area contributed by atoms with E-state index in [2.05, 4.69) is 22.0 Å². The molecule has 0 radical (unpaired) electrons. The van der Waals surface area contributed by atoms with Gasteiger partial charge in [0.1, 0.15) is 0 Å². The largest absolute Gasteiger partial charge is 0.493 e. The first-order chi connectivity index (χ1) is 8.39. The van der Waals surface area contributed by atoms with Crippen molar-refractivity contribution < 1.29 is 9.47 Å². The van der Waals surface area contributed by atoms with E-state index in [-0.39, 0.29) is 5.54 Å². The van der Waals surface area contributed by atoms with Crippen LogP contribution in [-0.2, 0) is 6.42 Å². The highest BCUT2D eigenvalue weighted by Gasteiger charge is 2.27. The van der Waals surface area contributed by atoms with Crippen LogP contribution in [0.4, 0.5) is 0 Å². The third kappa shape index (κ3) is 3.62. The molecule has 2 N–H and O–H groups in total. The predicted octanol–water partition coefficient (Wildman–Crippen LogP) is 3.28. The molecule has 0 amide bonds. The summed E-state index contributed by atoms with van der Waals surface area (Å²) in [4.78, 5) is 0. The molecule has 0 spiro atoms. The first-order valence-corrected chi connectivity index (χ1v) is 7.00. The molecular weight excluding hydrogens is 294 g/mol. The number of rotatable bonds is 5. The van der Waals surface area contributed by atoms with Crippen molar-refractivity contribution >= 4 is 15.9 Å². The number of methoxy groups -OCH3 is 1. The summed E-state index contributed by atoms with van der Waals surface area (Å²) in [7, 11) is 1.67. The Morgan fingerprint density at radius 2 is 2.06 bits per heavy atom. The lowest BCUT2D eigenvalue weighted by molar-refractivity contribution is 0.277. The van der Waals surface area contributed by atoms with Gasteiger partial charge in [0, 0.05) is 15.6 Å². The van der Waals surface area contributed by atoms with Crippen LogP contribution in [-0.4, -0.2) is 18.8 Å². The number of halogens is 1. The summed E-state index contributed by atoms with van der Waals surface area (Å²) in [6.45, 7) is 4.03. The minimum atomic E-state index is -0.270. The van der Waals surface area contributed by atoms with E-state index in [9.17, 15) is 0 Å². The molecule has 3 nitrogen and oxygen atoms in total. The van der Waals surface area contributed by atoms with Gasteiger partial charge in [-0.05, 0) is 45.2 Å². The van der Waals surface area contributed by atoms with Gasteiger partial charge in [-0.25, -0.2) is 0 Å². The molecule has 0 heterocycles. The normalized spacial score (nSPS) is 15.6. The highest BCUT2D eigenvalue weighted by molar-refractivity contribution is 9.10. The summed E-state index contributed by atoms with van der Waals surface area (Å²) in [6, 6.07) is 4.00. The molecule has 0 unspecified atom stereocenters. The van der Waals surface area contributed by atoms with Gasteiger partial charge < -0.3 is 15.2 Å². The van der Waals surface area contributed by atoms with Crippen LogP contribution >= 0.6 is 15.9 Å². The lowest BCUT2D eigenvalue weighted by Crippen LogP contribution is -2.34. The van der Waals surface area contributed by atoms with E-state index in [0.29, 0.717) is 6.10 Å². The zero-order valence-electron chi connectivity index (χ0n) is 11.1. The van der Waals surface area contributed by atoms with Crippen LogP contribution < -0.4 is 15.2 Å². The van der Waals surface area contributed by atoms with Crippen molar-refractivity contribution in [2.45, 2.75) is 44.8 Å². The lowest BCUT2D eigenvalue weighted by atomic mass is 9.95. The second-order valence-corrected chi connectivity index (χ2v) is 6.49. The Morgan fingerprint density at radius 1 is 1.39 bits per heavy atom. The van der Waals surface area contributed by atoms with Crippen molar-refractivity contribution in [3.63, 3.8) is 0 Å². The maximum Gasteiger partial charge on any atom is 0.164 e. The summed E-state index contributed by atoms with van der Waals surface area (Å²) < 4.78 is 12.4. The molecule has 1 aromatic rings. The Balaban J connectivity index is 2.36. The third-order valence-corrected chi connectivity index (χ3v) is 3.23. The summed E-state index contributed by atoms with van der Waals surface area (Å²) in [5.41, 5.74) is 6.94. The summed E-state index contributed by atoms with van der Waals surface area (Å²) >= 11 is 3.50. The molecule has 1 aliphatic rings. The Labute approximate surface area is 117 Å². The molecule has 1 fully saturated rings. The van der Waals surface area contributed by atoms with Crippen molar-refractivity contribution in [2.75, 3.05) is 7.11 Å². The minimum Gasteiger partial charge on any atom is -0.493 e. The van der Waals surface area contributed by atoms with E-state index in [1.54, 1.807) is 7.11 Å². The highest BCUT2D eigenvalue weighted by Crippen LogP contribution is 2.39. The van der Waals surface area contributed by atoms with Crippen LogP contribution in [0.2, 0.25) is 0 Å². The molecule has 1 saturated carbocycles. The molecule has 0 aliphatic heterocycles. The van der Waals surface area contributed by atoms with Crippen LogP contribution in [0.3, 0.4) is 0 Å². The van der Waals surface area contributed by atoms with E-state index in [0.717, 1.165) is 40.8 Å². The van der Waals surface area contributed by atoms with E-state index >= 15 is 0 Å². The molecule has 0 atom stereocenters. The maximum atomic E-state index is 6.11. The molecule has 1 aromatic carbocycles. The first-order valence-electron chi connectivity index (χ1n) is 6.21. The van der Waals surface area contributed by atoms with Crippen LogP contribution in [0.5, 0.6) is 11.5 Å². The Kier molecular flexibility index (Phi) is 3.87. The smallest absolute Gasteiger partial charge is 0.164 e. The molecule has 18 heavy (non-hydrogen) atoms. The van der Waals surface area contributed by atoms with Crippen molar-refractivity contribution in [3.8, 4) is 11.5 Å². The standard InChI is InChI=1S/C14H20BrNO2/c1-14(2,16)8-9-6-10(15)7-12(17-3)13(9)18-11-4-5-11/h6-7,11H,4-5,8,16H2,1-3H3. The van der Waals surface area contributed by atoms with Crippen LogP contribution in [0.25, 0.3) is 0 Å². The van der Waals surface area contributed by atoms with Gasteiger partial charge in [0.25, 0.3) is 0 Å². The topological polar surface area (TPSA) is 44.5 Å². The average molecular weight is 314 g/mol. The van der Waals surface area contributed by atoms with E-state index in [1.165, 1.54) is 0 Å². The second-order valence-electron chi connectivity index (χ2n) is 5.58. The van der Waals surface area contributed by atoms with E-state index in [4.69, 9.17) is 15.2 Å². The fraction of sp³-hybridized carbons (Fsp3) is 0.571. The number of hydrogen-bond donors (Lipinski definition) is 1. The lowest BCUT2D eigenvalue weighted by Gasteiger charge is -2.22. The molecule has 0 aromatic heterocycles. The number of ether oxygens (including phenoxy) is 2. The average Bonchev–Trinajstić information content (AvgIpc) is 3.03. The highest BCUT2D eigenvalue weighted by atomic mass is 79.9. The van der Waals surface area contributed by atoms with Crippen LogP contribution in [0.15, 0.2) is 16.6 Å². The van der Waals surface area contributed by atoms with Crippen molar-refractivity contribution in [2.24, 2.45) is 5.73 Å². The quantitative estimate of drug-likeness (QED) is 0.907. The van der Waals surface area contributed by atoms with Gasteiger partial charge >= 0.3 is 0 Å². The second kappa shape index (κ2) is 5.10. The molecule has 4 heteroatoms. The zero-order chi connectivity index (χ0) is 13.3. The maximum absolute atomic E-state index is 6.11. The summed E-state index contributed by atoms with van der Waals surface area (Å²) in [5, 5.41) is 0. The van der Waals surface area contributed by atoms with E-state index < -0.39 is 0 Å². The Morgan fingerprint density at radius 3 is 2.56 bits per heavy atom. The minimum absolute atomic E-state index is 0.270. The molecule has 1 aliphatic carbocycles. The first kappa shape index (κ1) is 13.7. The fourth-order valence-electron chi connectivity index (χ4n) is 1.88. The molecule has 0 bridgehead atoms. The van der Waals surface area contributed by atoms with Gasteiger partial charge in [0.2, 0.25) is 0 Å². The SMILES string of the molecule is COc1cc(Br)cc(CC(C)(C)N)c1OC1CC1. The monoisotopic (exact) mass is 313 g/mol. The van der Waals surface area contributed by atoms with Gasteiger partial charge in [-0.2, -0.15) is 0 Å². The molecule has 100 valence electrons. The molecule has 0 saturated heterocycles. The van der Waals surface area contributed by atoms with Gasteiger partial charge in [-0.1, -0.05) is 15.9 Å². The Bertz CT molecular complexity index is 436. The van der Waals surface area contributed by atoms with Gasteiger partial charge in [0.05, 0.1) is 13.2 Å². The number of benzene rings is 1. The summed E-state index contributed by atoms with van der Waals surface area (Å²) in [5.74, 6) is 1.62. The van der Waals surface area contributed by atoms with Gasteiger partial charge in [-0.15, -0.1) is 0 Å². The third-order valence-electron chi connectivity index (χ3n) is 2.77. The van der Waals surface area contributed by atoms with Gasteiger partial charge in [-0.3, -0.25) is 0 Å². The van der Waals surface area contributed by atoms with E-state index in [1.807, 2.05) is 19.9 Å². The molecule has 2 rings (SSSR count). The van der Waals surface area contributed by atoms with Crippen molar-refractivity contribution in [3.05, 3.63) is 22.2 Å². The Hall–Kier alpha value is -0.740. The van der Waals surface area contributed by atoms with Crippen LogP contribution in [0, 0.1) is 0 Å².